The molecule has 0 spiro atoms. The van der Waals surface area contributed by atoms with E-state index in [-0.39, 0.29) is 31.6 Å². The number of nitrogens with zero attached hydrogens (tertiary/aromatic N) is 2. The monoisotopic (exact) mass is 447 g/mol. The summed E-state index contributed by atoms with van der Waals surface area (Å²) in [7, 11) is 0. The van der Waals surface area contributed by atoms with E-state index in [1.54, 1.807) is 53.7 Å². The van der Waals surface area contributed by atoms with Gasteiger partial charge in [-0.3, -0.25) is 14.6 Å². The van der Waals surface area contributed by atoms with Gasteiger partial charge in [0.1, 0.15) is 18.5 Å². The van der Waals surface area contributed by atoms with Gasteiger partial charge in [-0.2, -0.15) is 0 Å². The lowest BCUT2D eigenvalue weighted by Crippen LogP contribution is -2.51. The van der Waals surface area contributed by atoms with Crippen molar-refractivity contribution in [3.63, 3.8) is 0 Å². The van der Waals surface area contributed by atoms with Crippen LogP contribution in [-0.2, 0) is 20.9 Å². The Bertz CT molecular complexity index is 1060. The Kier molecular flexibility index (Phi) is 7.29. The zero-order valence-corrected chi connectivity index (χ0v) is 18.0. The lowest BCUT2D eigenvalue weighted by Gasteiger charge is -2.38. The Balaban J connectivity index is 1.37. The zero-order chi connectivity index (χ0) is 23.0. The molecule has 1 aromatic heterocycles. The summed E-state index contributed by atoms with van der Waals surface area (Å²) in [4.78, 5) is 30.3. The Morgan fingerprint density at radius 1 is 1.12 bits per heavy atom. The predicted molar refractivity (Wildman–Crippen MR) is 121 cm³/mol. The van der Waals surface area contributed by atoms with Crippen LogP contribution < -0.4 is 10.1 Å². The number of nitrogens with one attached hydrogen (secondary N) is 1. The summed E-state index contributed by atoms with van der Waals surface area (Å²) in [5, 5.41) is 13.8. The molecule has 4 rings (SSSR count). The van der Waals surface area contributed by atoms with E-state index in [1.807, 2.05) is 30.3 Å². The second-order valence-corrected chi connectivity index (χ2v) is 7.68. The van der Waals surface area contributed by atoms with Crippen LogP contribution in [0.5, 0.6) is 5.75 Å². The second kappa shape index (κ2) is 10.7. The Morgan fingerprint density at radius 3 is 2.58 bits per heavy atom. The number of pyridine rings is 1. The second-order valence-electron chi connectivity index (χ2n) is 7.68. The maximum Gasteiger partial charge on any atom is 0.262 e. The van der Waals surface area contributed by atoms with Crippen molar-refractivity contribution in [3.05, 3.63) is 90.3 Å². The zero-order valence-electron chi connectivity index (χ0n) is 18.0. The molecule has 8 heteroatoms. The van der Waals surface area contributed by atoms with E-state index in [0.717, 1.165) is 5.56 Å². The van der Waals surface area contributed by atoms with Gasteiger partial charge < -0.3 is 24.8 Å². The van der Waals surface area contributed by atoms with Crippen LogP contribution in [0.1, 0.15) is 17.2 Å². The molecule has 2 unspecified atom stereocenters. The highest BCUT2D eigenvalue weighted by Crippen LogP contribution is 2.26. The van der Waals surface area contributed by atoms with Crippen molar-refractivity contribution in [1.82, 2.24) is 9.88 Å². The van der Waals surface area contributed by atoms with E-state index in [0.29, 0.717) is 23.5 Å². The van der Waals surface area contributed by atoms with Crippen molar-refractivity contribution in [2.24, 2.45) is 0 Å². The molecule has 0 saturated carbocycles. The highest BCUT2D eigenvalue weighted by Gasteiger charge is 2.34. The summed E-state index contributed by atoms with van der Waals surface area (Å²) in [6.45, 7) is 0.472. The van der Waals surface area contributed by atoms with E-state index >= 15 is 0 Å². The molecule has 2 amide bonds. The van der Waals surface area contributed by atoms with Gasteiger partial charge >= 0.3 is 0 Å². The Labute approximate surface area is 191 Å². The van der Waals surface area contributed by atoms with Gasteiger partial charge in [0.15, 0.2) is 6.61 Å². The molecule has 1 fully saturated rings. The van der Waals surface area contributed by atoms with Gasteiger partial charge in [-0.25, -0.2) is 0 Å². The standard InChI is InChI=1S/C25H25N3O5/c29-23(16-33-21-4-2-1-3-5-21)27-20-8-6-19(7-9-20)25(31)22-15-32-17-24(30)28(22)14-18-10-12-26-13-11-18/h1-13,22,25,31H,14-17H2,(H,27,29). The van der Waals surface area contributed by atoms with Crippen LogP contribution in [0.2, 0.25) is 0 Å². The number of aliphatic hydroxyl groups excluding tert-OH is 1. The first kappa shape index (κ1) is 22.4. The van der Waals surface area contributed by atoms with E-state index in [9.17, 15) is 14.7 Å². The minimum absolute atomic E-state index is 0.00960. The summed E-state index contributed by atoms with van der Waals surface area (Å²) in [6.07, 6.45) is 2.40. The van der Waals surface area contributed by atoms with Crippen molar-refractivity contribution in [3.8, 4) is 5.75 Å². The summed E-state index contributed by atoms with van der Waals surface area (Å²) in [6, 6.07) is 19.1. The molecule has 2 aromatic carbocycles. The molecule has 0 radical (unpaired) electrons. The molecule has 2 atom stereocenters. The van der Waals surface area contributed by atoms with Crippen molar-refractivity contribution >= 4 is 17.5 Å². The topological polar surface area (TPSA) is 101 Å². The molecule has 8 nitrogen and oxygen atoms in total. The third-order valence-electron chi connectivity index (χ3n) is 5.35. The number of ether oxygens (including phenoxy) is 2. The van der Waals surface area contributed by atoms with E-state index in [2.05, 4.69) is 10.3 Å². The minimum Gasteiger partial charge on any atom is -0.484 e. The number of benzene rings is 2. The van der Waals surface area contributed by atoms with Crippen LogP contribution in [0.3, 0.4) is 0 Å². The van der Waals surface area contributed by atoms with Crippen molar-refractivity contribution < 1.29 is 24.2 Å². The normalized spacial score (nSPS) is 16.8. The van der Waals surface area contributed by atoms with Crippen LogP contribution in [0.15, 0.2) is 79.1 Å². The summed E-state index contributed by atoms with van der Waals surface area (Å²) in [5.74, 6) is 0.151. The number of morpholine rings is 1. The van der Waals surface area contributed by atoms with Crippen LogP contribution in [0.4, 0.5) is 5.69 Å². The first-order valence-corrected chi connectivity index (χ1v) is 10.6. The fourth-order valence-electron chi connectivity index (χ4n) is 3.63. The number of amides is 2. The Hall–Kier alpha value is -3.75. The van der Waals surface area contributed by atoms with E-state index < -0.39 is 12.1 Å². The van der Waals surface area contributed by atoms with Gasteiger partial charge in [0.25, 0.3) is 5.91 Å². The first-order valence-electron chi connectivity index (χ1n) is 10.6. The molecular formula is C25H25N3O5. The highest BCUT2D eigenvalue weighted by atomic mass is 16.5. The van der Waals surface area contributed by atoms with Crippen LogP contribution in [0, 0.1) is 0 Å². The van der Waals surface area contributed by atoms with Crippen molar-refractivity contribution in [2.45, 2.75) is 18.7 Å². The molecule has 3 aromatic rings. The van der Waals surface area contributed by atoms with Crippen LogP contribution in [-0.4, -0.2) is 52.7 Å². The van der Waals surface area contributed by atoms with E-state index in [4.69, 9.17) is 9.47 Å². The molecule has 1 aliphatic heterocycles. The minimum atomic E-state index is -0.942. The molecule has 1 aliphatic rings. The first-order chi connectivity index (χ1) is 16.1. The number of hydrogen-bond donors (Lipinski definition) is 2. The average Bonchev–Trinajstić information content (AvgIpc) is 2.85. The van der Waals surface area contributed by atoms with Crippen molar-refractivity contribution in [2.75, 3.05) is 25.1 Å². The molecule has 2 N–H and O–H groups in total. The summed E-state index contributed by atoms with van der Waals surface area (Å²) < 4.78 is 10.9. The maximum absolute atomic E-state index is 12.5. The molecule has 1 saturated heterocycles. The predicted octanol–water partition coefficient (Wildman–Crippen LogP) is 2.56. The fraction of sp³-hybridized carbons (Fsp3) is 0.240. The van der Waals surface area contributed by atoms with Gasteiger partial charge in [-0.15, -0.1) is 0 Å². The lowest BCUT2D eigenvalue weighted by molar-refractivity contribution is -0.155. The molecule has 33 heavy (non-hydrogen) atoms. The molecule has 0 bridgehead atoms. The van der Waals surface area contributed by atoms with Gasteiger partial charge in [-0.05, 0) is 47.5 Å². The van der Waals surface area contributed by atoms with Gasteiger partial charge in [0, 0.05) is 24.6 Å². The number of carbonyl (C=O) groups is 2. The molecule has 0 aliphatic carbocycles. The number of rotatable bonds is 8. The summed E-state index contributed by atoms with van der Waals surface area (Å²) >= 11 is 0. The number of carbonyl (C=O) groups excluding carboxylic acids is 2. The fourth-order valence-corrected chi connectivity index (χ4v) is 3.63. The van der Waals surface area contributed by atoms with Crippen LogP contribution in [0.25, 0.3) is 0 Å². The van der Waals surface area contributed by atoms with Gasteiger partial charge in [-0.1, -0.05) is 30.3 Å². The number of para-hydroxylation sites is 1. The summed E-state index contributed by atoms with van der Waals surface area (Å²) in [5.41, 5.74) is 2.13. The lowest BCUT2D eigenvalue weighted by atomic mass is 9.99. The largest absolute Gasteiger partial charge is 0.484 e. The quantitative estimate of drug-likeness (QED) is 0.551. The molecule has 170 valence electrons. The third-order valence-corrected chi connectivity index (χ3v) is 5.35. The van der Waals surface area contributed by atoms with Gasteiger partial charge in [0.2, 0.25) is 5.91 Å². The molecular weight excluding hydrogens is 422 g/mol. The number of aromatic nitrogens is 1. The third kappa shape index (κ3) is 5.94. The van der Waals surface area contributed by atoms with Crippen molar-refractivity contribution in [1.29, 1.82) is 0 Å². The molecule has 2 heterocycles. The number of anilines is 1. The van der Waals surface area contributed by atoms with Gasteiger partial charge in [0.05, 0.1) is 12.6 Å². The number of hydrogen-bond acceptors (Lipinski definition) is 6. The smallest absolute Gasteiger partial charge is 0.262 e. The highest BCUT2D eigenvalue weighted by molar-refractivity contribution is 5.91. The number of aliphatic hydroxyl groups is 1. The maximum atomic E-state index is 12.5. The average molecular weight is 447 g/mol. The van der Waals surface area contributed by atoms with E-state index in [1.165, 1.54) is 0 Å². The SMILES string of the molecule is O=C(COc1ccccc1)Nc1ccc(C(O)C2COCC(=O)N2Cc2ccncc2)cc1. The Morgan fingerprint density at radius 2 is 1.85 bits per heavy atom. The van der Waals surface area contributed by atoms with Crippen LogP contribution >= 0.6 is 0 Å².